The van der Waals surface area contributed by atoms with Gasteiger partial charge in [0.15, 0.2) is 0 Å². The van der Waals surface area contributed by atoms with Gasteiger partial charge in [-0.05, 0) is 270 Å². The molecule has 0 aromatic heterocycles. The number of benzene rings is 20. The van der Waals surface area contributed by atoms with Crippen LogP contribution in [0.5, 0.6) is 0 Å². The molecule has 0 heterocycles. The van der Waals surface area contributed by atoms with Gasteiger partial charge in [-0.1, -0.05) is 376 Å². The molecule has 0 atom stereocenters. The smallest absolute Gasteiger partial charge is 0.0622 e. The molecule has 0 bridgehead atoms. The summed E-state index contributed by atoms with van der Waals surface area (Å²) in [6, 6.07) is 155. The fourth-order valence-corrected chi connectivity index (χ4v) is 20.7. The van der Waals surface area contributed by atoms with E-state index in [2.05, 4.69) is 413 Å². The van der Waals surface area contributed by atoms with E-state index in [1.165, 1.54) is 220 Å². The molecular formula is C112H72. The van der Waals surface area contributed by atoms with Crippen LogP contribution in [0, 0.1) is 0 Å². The van der Waals surface area contributed by atoms with Gasteiger partial charge in [0.25, 0.3) is 0 Å². The van der Waals surface area contributed by atoms with Crippen molar-refractivity contribution < 1.29 is 0 Å². The van der Waals surface area contributed by atoms with Crippen LogP contribution in [-0.4, -0.2) is 0 Å². The summed E-state index contributed by atoms with van der Waals surface area (Å²) < 4.78 is 0. The molecule has 0 saturated heterocycles. The molecule has 0 nitrogen and oxygen atoms in total. The Morgan fingerprint density at radius 3 is 0.688 bits per heavy atom. The third kappa shape index (κ3) is 9.49. The molecule has 0 fully saturated rings. The average Bonchev–Trinajstić information content (AvgIpc) is 1.51. The molecule has 0 unspecified atom stereocenters. The Morgan fingerprint density at radius 2 is 0.366 bits per heavy atom. The third-order valence-corrected chi connectivity index (χ3v) is 25.5. The summed E-state index contributed by atoms with van der Waals surface area (Å²) in [4.78, 5) is 0. The number of hydrogen-bond acceptors (Lipinski definition) is 0. The zero-order valence-electron chi connectivity index (χ0n) is 61.7. The van der Waals surface area contributed by atoms with Gasteiger partial charge in [0.2, 0.25) is 0 Å². The monoisotopic (exact) mass is 1420 g/mol. The van der Waals surface area contributed by atoms with E-state index >= 15 is 0 Å². The normalized spacial score (nSPS) is 13.4. The molecule has 20 aromatic carbocycles. The third-order valence-electron chi connectivity index (χ3n) is 25.5. The predicted molar refractivity (Wildman–Crippen MR) is 471 cm³/mol. The van der Waals surface area contributed by atoms with Crippen LogP contribution in [-0.2, 0) is 23.7 Å². The van der Waals surface area contributed by atoms with Crippen LogP contribution in [0.15, 0.2) is 413 Å². The summed E-state index contributed by atoms with van der Waals surface area (Å²) >= 11 is 0. The molecule has 24 rings (SSSR count). The van der Waals surface area contributed by atoms with Crippen LogP contribution >= 0.6 is 0 Å². The van der Waals surface area contributed by atoms with E-state index in [-0.39, 0.29) is 0 Å². The highest BCUT2D eigenvalue weighted by Crippen LogP contribution is 2.60. The maximum Gasteiger partial charge on any atom is 0.0713 e. The second kappa shape index (κ2) is 25.3. The molecule has 4 aliphatic rings. The SMILES string of the molecule is c1ccc(C2(c3ccccc3)c3ccccc3-c3ccc(-c4cc5c6ccccc6c(-c6ccc7c(c6)C(c6ccccc6)(c6ccccc6)c6ccccc6-7)cc5c5ccccc45)cc32)cc1.c1ccc2c(c1)Cc1cc(-c3cc4c5ccccc5c(-c5ccc6c(c5)Cc5ccccc5-6)cc4c4ccccc34)ccc1-2. The molecule has 0 N–H and O–H groups in total. The zero-order valence-corrected chi connectivity index (χ0v) is 61.7. The Balaban J connectivity index is 0.000000146. The molecule has 0 amide bonds. The summed E-state index contributed by atoms with van der Waals surface area (Å²) in [6.07, 6.45) is 2.01. The Hall–Kier alpha value is -14.0. The molecule has 0 spiro atoms. The van der Waals surface area contributed by atoms with Crippen molar-refractivity contribution in [3.05, 3.63) is 479 Å². The van der Waals surface area contributed by atoms with Crippen LogP contribution in [0.1, 0.15) is 66.8 Å². The fraction of sp³-hybridized carbons (Fsp3) is 0.0357. The van der Waals surface area contributed by atoms with Crippen molar-refractivity contribution in [1.29, 1.82) is 0 Å². The van der Waals surface area contributed by atoms with Crippen LogP contribution in [0.3, 0.4) is 0 Å². The molecule has 4 aliphatic carbocycles. The van der Waals surface area contributed by atoms with Crippen LogP contribution in [0.25, 0.3) is 154 Å². The van der Waals surface area contributed by atoms with Crippen LogP contribution < -0.4 is 0 Å². The van der Waals surface area contributed by atoms with Crippen molar-refractivity contribution in [3.8, 4) is 89.0 Å². The van der Waals surface area contributed by atoms with E-state index in [9.17, 15) is 0 Å². The van der Waals surface area contributed by atoms with Crippen molar-refractivity contribution in [3.63, 3.8) is 0 Å². The summed E-state index contributed by atoms with van der Waals surface area (Å²) in [5.41, 5.74) is 35.9. The predicted octanol–water partition coefficient (Wildman–Crippen LogP) is 28.8. The second-order valence-corrected chi connectivity index (χ2v) is 31.1. The van der Waals surface area contributed by atoms with Gasteiger partial charge in [0, 0.05) is 0 Å². The minimum absolute atomic E-state index is 0.478. The van der Waals surface area contributed by atoms with E-state index in [4.69, 9.17) is 0 Å². The highest BCUT2D eigenvalue weighted by molar-refractivity contribution is 6.26. The van der Waals surface area contributed by atoms with E-state index in [1.807, 2.05) is 0 Å². The first-order valence-corrected chi connectivity index (χ1v) is 39.4. The molecule has 0 saturated carbocycles. The first kappa shape index (κ1) is 64.0. The van der Waals surface area contributed by atoms with Crippen LogP contribution in [0.2, 0.25) is 0 Å². The quantitative estimate of drug-likeness (QED) is 0.133. The van der Waals surface area contributed by atoms with Gasteiger partial charge >= 0.3 is 0 Å². The lowest BCUT2D eigenvalue weighted by Crippen LogP contribution is -2.28. The number of fused-ring (bicyclic) bond motifs is 22. The molecule has 112 heavy (non-hydrogen) atoms. The van der Waals surface area contributed by atoms with Gasteiger partial charge in [0.05, 0.1) is 10.8 Å². The summed E-state index contributed by atoms with van der Waals surface area (Å²) in [5.74, 6) is 0. The maximum atomic E-state index is 2.51. The maximum absolute atomic E-state index is 2.51. The van der Waals surface area contributed by atoms with Crippen molar-refractivity contribution in [2.75, 3.05) is 0 Å². The lowest BCUT2D eigenvalue weighted by molar-refractivity contribution is 0.769. The Morgan fingerprint density at radius 1 is 0.134 bits per heavy atom. The minimum Gasteiger partial charge on any atom is -0.0622 e. The van der Waals surface area contributed by atoms with Gasteiger partial charge in [-0.25, -0.2) is 0 Å². The molecule has 20 aromatic rings. The van der Waals surface area contributed by atoms with Crippen LogP contribution in [0.4, 0.5) is 0 Å². The first-order valence-electron chi connectivity index (χ1n) is 39.4. The lowest BCUT2D eigenvalue weighted by Gasteiger charge is -2.34. The Kier molecular flexibility index (Phi) is 14.4. The molecule has 0 aliphatic heterocycles. The number of rotatable bonds is 8. The Bertz CT molecular complexity index is 6770. The van der Waals surface area contributed by atoms with Crippen molar-refractivity contribution >= 4 is 64.6 Å². The lowest BCUT2D eigenvalue weighted by atomic mass is 9.67. The first-order chi connectivity index (χ1) is 55.5. The Labute approximate surface area is 652 Å². The highest BCUT2D eigenvalue weighted by Gasteiger charge is 2.48. The molecule has 0 radical (unpaired) electrons. The zero-order chi connectivity index (χ0) is 73.6. The highest BCUT2D eigenvalue weighted by atomic mass is 14.5. The second-order valence-electron chi connectivity index (χ2n) is 31.1. The van der Waals surface area contributed by atoms with Gasteiger partial charge in [0.1, 0.15) is 0 Å². The summed E-state index contributed by atoms with van der Waals surface area (Å²) in [7, 11) is 0. The number of hydrogen-bond donors (Lipinski definition) is 0. The minimum atomic E-state index is -0.478. The van der Waals surface area contributed by atoms with E-state index < -0.39 is 10.8 Å². The largest absolute Gasteiger partial charge is 0.0713 e. The molecular weight excluding hydrogens is 1350 g/mol. The topological polar surface area (TPSA) is 0 Å². The van der Waals surface area contributed by atoms with Gasteiger partial charge in [-0.2, -0.15) is 0 Å². The summed E-state index contributed by atoms with van der Waals surface area (Å²) in [5, 5.41) is 15.4. The standard InChI is InChI=1S/C68H44.C44H28/c1-5-21-47(22-6-1)67(48-23-7-2-8-24-48)63-35-19-17-33-55(63)57-39-37-45(41-65(57)67)59-43-61-54-32-16-14-30-52(54)60(44-62(61)53-31-15-13-29-51(53)59)46-38-40-58-56-34-18-20-36-64(56)68(66(58)42-46,49-25-9-3-10-26-49)50-27-11-4-12-28-50;1-3-11-33-27(9-1)21-31-23-29(17-19-35(31)33)41-25-43-40-16-8-6-14-38(40)42(26-44(43)39-15-7-5-13-37(39)41)30-18-20-36-32(24-30)22-28-10-2-4-12-34(28)36/h1-44H;1-20,23-26H,21-22H2. The molecule has 520 valence electrons. The van der Waals surface area contributed by atoms with Gasteiger partial charge in [-0.3, -0.25) is 0 Å². The fourth-order valence-electron chi connectivity index (χ4n) is 20.7. The van der Waals surface area contributed by atoms with E-state index in [0.717, 1.165) is 12.8 Å². The van der Waals surface area contributed by atoms with E-state index in [1.54, 1.807) is 0 Å². The molecule has 0 heteroatoms. The average molecular weight is 1420 g/mol. The van der Waals surface area contributed by atoms with Crippen molar-refractivity contribution in [2.24, 2.45) is 0 Å². The van der Waals surface area contributed by atoms with Gasteiger partial charge in [-0.15, -0.1) is 0 Å². The summed E-state index contributed by atoms with van der Waals surface area (Å²) in [6.45, 7) is 0. The van der Waals surface area contributed by atoms with Crippen molar-refractivity contribution in [2.45, 2.75) is 23.7 Å². The van der Waals surface area contributed by atoms with Crippen molar-refractivity contribution in [1.82, 2.24) is 0 Å². The van der Waals surface area contributed by atoms with Gasteiger partial charge < -0.3 is 0 Å². The van der Waals surface area contributed by atoms with E-state index in [0.29, 0.717) is 0 Å².